The highest BCUT2D eigenvalue weighted by atomic mass is 19.1. The highest BCUT2D eigenvalue weighted by Gasteiger charge is 2.24. The summed E-state index contributed by atoms with van der Waals surface area (Å²) in [5, 5.41) is 16.2. The van der Waals surface area contributed by atoms with E-state index in [4.69, 9.17) is 5.11 Å². The van der Waals surface area contributed by atoms with Crippen LogP contribution >= 0.6 is 0 Å². The third-order valence-corrected chi connectivity index (χ3v) is 3.07. The average molecular weight is 295 g/mol. The van der Waals surface area contributed by atoms with Crippen LogP contribution in [0.3, 0.4) is 0 Å². The van der Waals surface area contributed by atoms with Crippen molar-refractivity contribution in [2.75, 3.05) is 11.9 Å². The van der Waals surface area contributed by atoms with Crippen molar-refractivity contribution in [1.29, 1.82) is 0 Å². The van der Waals surface area contributed by atoms with Gasteiger partial charge in [0.25, 0.3) is 0 Å². The lowest BCUT2D eigenvalue weighted by atomic mass is 10.1. The van der Waals surface area contributed by atoms with Crippen molar-refractivity contribution in [2.24, 2.45) is 0 Å². The molecule has 1 atom stereocenters. The minimum absolute atomic E-state index is 0.170. The van der Waals surface area contributed by atoms with Crippen LogP contribution in [-0.4, -0.2) is 35.6 Å². The maximum atomic E-state index is 13.5. The third kappa shape index (κ3) is 3.47. The standard InChI is InChI=1S/C13H14FN3O4/c14-7-3-1-4-8(10(7)12(19)20)16-13(21)17-9-5-2-6-15-11(9)18/h1,3-4,9H,2,5-6H2,(H,15,18)(H,19,20)(H2,16,17,21). The quantitative estimate of drug-likeness (QED) is 0.665. The summed E-state index contributed by atoms with van der Waals surface area (Å²) in [6.07, 6.45) is 1.23. The first-order valence-corrected chi connectivity index (χ1v) is 6.36. The Morgan fingerprint density at radius 1 is 1.38 bits per heavy atom. The van der Waals surface area contributed by atoms with E-state index in [1.807, 2.05) is 0 Å². The number of urea groups is 1. The molecule has 0 radical (unpaired) electrons. The number of benzene rings is 1. The molecule has 1 fully saturated rings. The van der Waals surface area contributed by atoms with Crippen molar-refractivity contribution >= 4 is 23.6 Å². The fraction of sp³-hybridized carbons (Fsp3) is 0.308. The fourth-order valence-electron chi connectivity index (χ4n) is 2.07. The smallest absolute Gasteiger partial charge is 0.340 e. The van der Waals surface area contributed by atoms with Gasteiger partial charge in [-0.25, -0.2) is 14.0 Å². The number of carboxylic acid groups (broad SMARTS) is 1. The van der Waals surface area contributed by atoms with Crippen LogP contribution < -0.4 is 16.0 Å². The number of carbonyl (C=O) groups is 3. The summed E-state index contributed by atoms with van der Waals surface area (Å²) in [6, 6.07) is 2.10. The molecular formula is C13H14FN3O4. The minimum atomic E-state index is -1.49. The van der Waals surface area contributed by atoms with Crippen molar-refractivity contribution in [2.45, 2.75) is 18.9 Å². The van der Waals surface area contributed by atoms with E-state index in [-0.39, 0.29) is 11.6 Å². The predicted octanol–water partition coefficient (Wildman–Crippen LogP) is 0.924. The largest absolute Gasteiger partial charge is 0.478 e. The van der Waals surface area contributed by atoms with Crippen molar-refractivity contribution in [3.8, 4) is 0 Å². The summed E-state index contributed by atoms with van der Waals surface area (Å²) >= 11 is 0. The molecule has 1 aliphatic heterocycles. The van der Waals surface area contributed by atoms with Crippen molar-refractivity contribution < 1.29 is 23.9 Å². The Balaban J connectivity index is 2.08. The fourth-order valence-corrected chi connectivity index (χ4v) is 2.07. The number of anilines is 1. The Kier molecular flexibility index (Phi) is 4.36. The van der Waals surface area contributed by atoms with E-state index in [0.29, 0.717) is 13.0 Å². The maximum Gasteiger partial charge on any atom is 0.340 e. The summed E-state index contributed by atoms with van der Waals surface area (Å²) in [5.74, 6) is -2.73. The van der Waals surface area contributed by atoms with E-state index < -0.39 is 29.4 Å². The summed E-state index contributed by atoms with van der Waals surface area (Å²) in [5.41, 5.74) is -0.794. The molecule has 112 valence electrons. The highest BCUT2D eigenvalue weighted by molar-refractivity contribution is 6.01. The second-order valence-corrected chi connectivity index (χ2v) is 4.55. The van der Waals surface area contributed by atoms with Crippen LogP contribution in [-0.2, 0) is 4.79 Å². The number of hydrogen-bond acceptors (Lipinski definition) is 3. The molecule has 3 amide bonds. The van der Waals surface area contributed by atoms with Gasteiger partial charge in [-0.2, -0.15) is 0 Å². The number of carbonyl (C=O) groups excluding carboxylic acids is 2. The molecule has 1 aromatic rings. The Morgan fingerprint density at radius 3 is 2.81 bits per heavy atom. The van der Waals surface area contributed by atoms with Gasteiger partial charge in [0.1, 0.15) is 17.4 Å². The molecule has 4 N–H and O–H groups in total. The zero-order valence-electron chi connectivity index (χ0n) is 11.0. The average Bonchev–Trinajstić information content (AvgIpc) is 2.41. The van der Waals surface area contributed by atoms with Gasteiger partial charge in [0.15, 0.2) is 0 Å². The minimum Gasteiger partial charge on any atom is -0.478 e. The highest BCUT2D eigenvalue weighted by Crippen LogP contribution is 2.19. The van der Waals surface area contributed by atoms with Crippen LogP contribution in [0.25, 0.3) is 0 Å². The number of amides is 3. The molecule has 1 heterocycles. The second-order valence-electron chi connectivity index (χ2n) is 4.55. The Bertz CT molecular complexity index is 591. The molecule has 0 aliphatic carbocycles. The number of hydrogen-bond donors (Lipinski definition) is 4. The van der Waals surface area contributed by atoms with Gasteiger partial charge in [-0.1, -0.05) is 6.07 Å². The molecule has 0 bridgehead atoms. The zero-order valence-corrected chi connectivity index (χ0v) is 11.0. The van der Waals surface area contributed by atoms with E-state index in [1.165, 1.54) is 12.1 Å². The Labute approximate surface area is 119 Å². The lowest BCUT2D eigenvalue weighted by Crippen LogP contribution is -2.51. The molecule has 0 aromatic heterocycles. The lowest BCUT2D eigenvalue weighted by molar-refractivity contribution is -0.124. The van der Waals surface area contributed by atoms with Crippen molar-refractivity contribution in [3.05, 3.63) is 29.6 Å². The summed E-state index contributed by atoms with van der Waals surface area (Å²) in [7, 11) is 0. The van der Waals surface area contributed by atoms with Crippen molar-refractivity contribution in [1.82, 2.24) is 10.6 Å². The van der Waals surface area contributed by atoms with E-state index in [9.17, 15) is 18.8 Å². The van der Waals surface area contributed by atoms with Crippen LogP contribution in [0, 0.1) is 5.82 Å². The van der Waals surface area contributed by atoms with Gasteiger partial charge in [0.05, 0.1) is 5.69 Å². The number of carboxylic acids is 1. The zero-order chi connectivity index (χ0) is 15.4. The van der Waals surface area contributed by atoms with Gasteiger partial charge in [-0.15, -0.1) is 0 Å². The third-order valence-electron chi connectivity index (χ3n) is 3.07. The van der Waals surface area contributed by atoms with Crippen LogP contribution in [0.5, 0.6) is 0 Å². The first kappa shape index (κ1) is 14.8. The van der Waals surface area contributed by atoms with E-state index >= 15 is 0 Å². The topological polar surface area (TPSA) is 108 Å². The van der Waals surface area contributed by atoms with Crippen LogP contribution in [0.4, 0.5) is 14.9 Å². The second kappa shape index (κ2) is 6.21. The van der Waals surface area contributed by atoms with Crippen LogP contribution in [0.2, 0.25) is 0 Å². The SMILES string of the molecule is O=C(Nc1cccc(F)c1C(=O)O)NC1CCCNC1=O. The first-order chi connectivity index (χ1) is 9.99. The van der Waals surface area contributed by atoms with Gasteiger partial charge in [0, 0.05) is 6.54 Å². The predicted molar refractivity (Wildman–Crippen MR) is 71.5 cm³/mol. The number of piperidine rings is 1. The molecule has 8 heteroatoms. The Hall–Kier alpha value is -2.64. The lowest BCUT2D eigenvalue weighted by Gasteiger charge is -2.23. The van der Waals surface area contributed by atoms with Gasteiger partial charge in [-0.05, 0) is 25.0 Å². The van der Waals surface area contributed by atoms with E-state index in [1.54, 1.807) is 0 Å². The van der Waals surface area contributed by atoms with E-state index in [2.05, 4.69) is 16.0 Å². The van der Waals surface area contributed by atoms with Crippen molar-refractivity contribution in [3.63, 3.8) is 0 Å². The number of aromatic carboxylic acids is 1. The van der Waals surface area contributed by atoms with Gasteiger partial charge >= 0.3 is 12.0 Å². The van der Waals surface area contributed by atoms with Crippen LogP contribution in [0.1, 0.15) is 23.2 Å². The maximum absolute atomic E-state index is 13.5. The van der Waals surface area contributed by atoms with Crippen LogP contribution in [0.15, 0.2) is 18.2 Å². The van der Waals surface area contributed by atoms with E-state index in [0.717, 1.165) is 12.5 Å². The van der Waals surface area contributed by atoms with Gasteiger partial charge in [-0.3, -0.25) is 4.79 Å². The molecular weight excluding hydrogens is 281 g/mol. The van der Waals surface area contributed by atoms with Gasteiger partial charge in [0.2, 0.25) is 5.91 Å². The molecule has 1 unspecified atom stereocenters. The summed E-state index contributed by atoms with van der Waals surface area (Å²) < 4.78 is 13.5. The normalized spacial score (nSPS) is 17.8. The summed E-state index contributed by atoms with van der Waals surface area (Å²) in [4.78, 5) is 34.3. The molecule has 7 nitrogen and oxygen atoms in total. The number of nitrogens with one attached hydrogen (secondary N) is 3. The first-order valence-electron chi connectivity index (χ1n) is 6.36. The molecule has 21 heavy (non-hydrogen) atoms. The molecule has 0 saturated carbocycles. The monoisotopic (exact) mass is 295 g/mol. The van der Waals surface area contributed by atoms with Gasteiger partial charge < -0.3 is 21.1 Å². The number of rotatable bonds is 3. The molecule has 0 spiro atoms. The molecule has 1 aromatic carbocycles. The number of halogens is 1. The summed E-state index contributed by atoms with van der Waals surface area (Å²) in [6.45, 7) is 0.561. The molecule has 1 aliphatic rings. The molecule has 2 rings (SSSR count). The Morgan fingerprint density at radius 2 is 2.14 bits per heavy atom. The molecule has 1 saturated heterocycles.